The number of amides is 1. The third kappa shape index (κ3) is 2.28. The van der Waals surface area contributed by atoms with Crippen LogP contribution in [0.4, 0.5) is 0 Å². The molecule has 0 aliphatic carbocycles. The molecule has 0 aromatic rings. The van der Waals surface area contributed by atoms with Crippen LogP contribution in [-0.4, -0.2) is 52.2 Å². The standard InChI is InChI=1S/C9H17NO5/c1-2-4-6(9(10)14)8(13)7(12)5(3-11)15-4/h4-8,11-13H,2-3H2,1H3,(H2,10,14)/t4?,5-,6+,7+,8-/m1/s1. The minimum atomic E-state index is -1.28. The molecule has 0 bridgehead atoms. The molecule has 0 radical (unpaired) electrons. The number of ether oxygens (including phenoxy) is 1. The second kappa shape index (κ2) is 4.89. The van der Waals surface area contributed by atoms with E-state index in [0.29, 0.717) is 6.42 Å². The lowest BCUT2D eigenvalue weighted by molar-refractivity contribution is -0.208. The van der Waals surface area contributed by atoms with Crippen molar-refractivity contribution in [2.75, 3.05) is 6.61 Å². The molecule has 0 saturated carbocycles. The van der Waals surface area contributed by atoms with Crippen molar-refractivity contribution >= 4 is 5.91 Å². The Morgan fingerprint density at radius 2 is 1.93 bits per heavy atom. The van der Waals surface area contributed by atoms with E-state index in [1.807, 2.05) is 0 Å². The topological polar surface area (TPSA) is 113 Å². The highest BCUT2D eigenvalue weighted by Crippen LogP contribution is 2.27. The molecule has 1 rings (SSSR count). The van der Waals surface area contributed by atoms with Crippen LogP contribution in [-0.2, 0) is 9.53 Å². The van der Waals surface area contributed by atoms with Gasteiger partial charge in [0.25, 0.3) is 0 Å². The number of carbonyl (C=O) groups is 1. The van der Waals surface area contributed by atoms with Crippen LogP contribution in [0, 0.1) is 5.92 Å². The lowest BCUT2D eigenvalue weighted by atomic mass is 9.85. The first-order valence-corrected chi connectivity index (χ1v) is 4.94. The van der Waals surface area contributed by atoms with E-state index in [1.54, 1.807) is 6.92 Å². The molecule has 5 atom stereocenters. The van der Waals surface area contributed by atoms with Crippen LogP contribution < -0.4 is 5.73 Å². The van der Waals surface area contributed by atoms with E-state index < -0.39 is 42.8 Å². The van der Waals surface area contributed by atoms with Crippen molar-refractivity contribution in [1.29, 1.82) is 0 Å². The maximum absolute atomic E-state index is 11.1. The van der Waals surface area contributed by atoms with Gasteiger partial charge in [-0.1, -0.05) is 6.92 Å². The molecule has 1 heterocycles. The van der Waals surface area contributed by atoms with Gasteiger partial charge < -0.3 is 25.8 Å². The smallest absolute Gasteiger partial charge is 0.225 e. The van der Waals surface area contributed by atoms with Crippen LogP contribution in [0.5, 0.6) is 0 Å². The summed E-state index contributed by atoms with van der Waals surface area (Å²) in [6.07, 6.45) is -3.50. The Morgan fingerprint density at radius 1 is 1.33 bits per heavy atom. The monoisotopic (exact) mass is 219 g/mol. The van der Waals surface area contributed by atoms with Crippen molar-refractivity contribution in [2.24, 2.45) is 11.7 Å². The van der Waals surface area contributed by atoms with Crippen LogP contribution >= 0.6 is 0 Å². The molecule has 1 amide bonds. The summed E-state index contributed by atoms with van der Waals surface area (Å²) in [7, 11) is 0. The van der Waals surface area contributed by atoms with Gasteiger partial charge in [0.15, 0.2) is 0 Å². The average molecular weight is 219 g/mol. The van der Waals surface area contributed by atoms with E-state index in [1.165, 1.54) is 0 Å². The second-order valence-corrected chi connectivity index (χ2v) is 3.71. The van der Waals surface area contributed by atoms with Crippen molar-refractivity contribution in [2.45, 2.75) is 37.8 Å². The van der Waals surface area contributed by atoms with E-state index in [-0.39, 0.29) is 0 Å². The molecular formula is C9H17NO5. The van der Waals surface area contributed by atoms with E-state index >= 15 is 0 Å². The zero-order valence-corrected chi connectivity index (χ0v) is 8.54. The molecule has 1 unspecified atom stereocenters. The average Bonchev–Trinajstić information content (AvgIpc) is 2.20. The zero-order valence-electron chi connectivity index (χ0n) is 8.54. The van der Waals surface area contributed by atoms with Crippen LogP contribution in [0.1, 0.15) is 13.3 Å². The molecule has 6 nitrogen and oxygen atoms in total. The minimum Gasteiger partial charge on any atom is -0.394 e. The number of nitrogens with two attached hydrogens (primary N) is 1. The molecule has 15 heavy (non-hydrogen) atoms. The first-order valence-electron chi connectivity index (χ1n) is 4.94. The maximum atomic E-state index is 11.1. The lowest BCUT2D eigenvalue weighted by Crippen LogP contribution is -2.58. The third-order valence-corrected chi connectivity index (χ3v) is 2.76. The van der Waals surface area contributed by atoms with Crippen molar-refractivity contribution in [3.63, 3.8) is 0 Å². The molecule has 5 N–H and O–H groups in total. The minimum absolute atomic E-state index is 0.403. The molecule has 0 aromatic heterocycles. The first-order chi connectivity index (χ1) is 7.02. The molecule has 88 valence electrons. The Kier molecular flexibility index (Phi) is 4.04. The molecule has 1 fully saturated rings. The summed E-state index contributed by atoms with van der Waals surface area (Å²) < 4.78 is 5.28. The van der Waals surface area contributed by atoms with Gasteiger partial charge in [-0.05, 0) is 6.42 Å². The second-order valence-electron chi connectivity index (χ2n) is 3.71. The fraction of sp³-hybridized carbons (Fsp3) is 0.889. The fourth-order valence-corrected chi connectivity index (χ4v) is 1.89. The predicted molar refractivity (Wildman–Crippen MR) is 50.7 cm³/mol. The van der Waals surface area contributed by atoms with Gasteiger partial charge >= 0.3 is 0 Å². The quantitative estimate of drug-likeness (QED) is 0.437. The third-order valence-electron chi connectivity index (χ3n) is 2.76. The number of primary amides is 1. The summed E-state index contributed by atoms with van der Waals surface area (Å²) in [6, 6.07) is 0. The molecule has 1 saturated heterocycles. The van der Waals surface area contributed by atoms with Gasteiger partial charge in [-0.2, -0.15) is 0 Å². The van der Waals surface area contributed by atoms with Crippen LogP contribution in [0.15, 0.2) is 0 Å². The molecule has 1 aliphatic rings. The van der Waals surface area contributed by atoms with E-state index in [2.05, 4.69) is 0 Å². The van der Waals surface area contributed by atoms with Gasteiger partial charge in [-0.25, -0.2) is 0 Å². The zero-order chi connectivity index (χ0) is 11.6. The number of hydrogen-bond donors (Lipinski definition) is 4. The maximum Gasteiger partial charge on any atom is 0.225 e. The number of aliphatic hydroxyl groups is 3. The highest BCUT2D eigenvalue weighted by molar-refractivity contribution is 5.78. The molecule has 0 aromatic carbocycles. The van der Waals surface area contributed by atoms with Gasteiger partial charge in [0.2, 0.25) is 5.91 Å². The first kappa shape index (κ1) is 12.4. The largest absolute Gasteiger partial charge is 0.394 e. The summed E-state index contributed by atoms with van der Waals surface area (Å²) in [5, 5.41) is 28.1. The highest BCUT2D eigenvalue weighted by atomic mass is 16.5. The highest BCUT2D eigenvalue weighted by Gasteiger charge is 2.45. The number of aliphatic hydroxyl groups excluding tert-OH is 3. The summed E-state index contributed by atoms with van der Waals surface area (Å²) in [5.41, 5.74) is 5.12. The normalized spacial score (nSPS) is 41.5. The van der Waals surface area contributed by atoms with Crippen LogP contribution in [0.25, 0.3) is 0 Å². The Labute approximate surface area is 87.7 Å². The Balaban J connectivity index is 2.84. The lowest BCUT2D eigenvalue weighted by Gasteiger charge is -2.40. The Bertz CT molecular complexity index is 233. The predicted octanol–water partition coefficient (Wildman–Crippen LogP) is -2.02. The molecular weight excluding hydrogens is 202 g/mol. The van der Waals surface area contributed by atoms with Gasteiger partial charge in [0.1, 0.15) is 12.2 Å². The van der Waals surface area contributed by atoms with Gasteiger partial charge in [-0.15, -0.1) is 0 Å². The van der Waals surface area contributed by atoms with E-state index in [0.717, 1.165) is 0 Å². The Hall–Kier alpha value is -0.690. The van der Waals surface area contributed by atoms with Gasteiger partial charge in [-0.3, -0.25) is 4.79 Å². The van der Waals surface area contributed by atoms with Crippen molar-refractivity contribution < 1.29 is 24.9 Å². The molecule has 1 aliphatic heterocycles. The SMILES string of the molecule is CCC1O[C@H](CO)[C@H](O)[C@H](O)[C@H]1C(N)=O. The van der Waals surface area contributed by atoms with E-state index in [9.17, 15) is 15.0 Å². The summed E-state index contributed by atoms with van der Waals surface area (Å²) in [6.45, 7) is 1.37. The summed E-state index contributed by atoms with van der Waals surface area (Å²) >= 11 is 0. The summed E-state index contributed by atoms with van der Waals surface area (Å²) in [4.78, 5) is 11.1. The number of rotatable bonds is 3. The molecule has 0 spiro atoms. The van der Waals surface area contributed by atoms with Gasteiger partial charge in [0.05, 0.1) is 24.7 Å². The number of carbonyl (C=O) groups excluding carboxylic acids is 1. The Morgan fingerprint density at radius 3 is 2.33 bits per heavy atom. The van der Waals surface area contributed by atoms with Crippen molar-refractivity contribution in [3.8, 4) is 0 Å². The van der Waals surface area contributed by atoms with Crippen molar-refractivity contribution in [1.82, 2.24) is 0 Å². The van der Waals surface area contributed by atoms with Gasteiger partial charge in [0, 0.05) is 0 Å². The molecule has 6 heteroatoms. The van der Waals surface area contributed by atoms with Crippen LogP contribution in [0.3, 0.4) is 0 Å². The number of hydrogen-bond acceptors (Lipinski definition) is 5. The fourth-order valence-electron chi connectivity index (χ4n) is 1.89. The van der Waals surface area contributed by atoms with Crippen molar-refractivity contribution in [3.05, 3.63) is 0 Å². The summed E-state index contributed by atoms with van der Waals surface area (Å²) in [5.74, 6) is -1.63. The van der Waals surface area contributed by atoms with Crippen LogP contribution in [0.2, 0.25) is 0 Å². The van der Waals surface area contributed by atoms with E-state index in [4.69, 9.17) is 15.6 Å².